The van der Waals surface area contributed by atoms with E-state index in [1.54, 1.807) is 0 Å². The van der Waals surface area contributed by atoms with Gasteiger partial charge in [0.2, 0.25) is 0 Å². The summed E-state index contributed by atoms with van der Waals surface area (Å²) >= 11 is 0. The molecule has 0 aliphatic carbocycles. The zero-order valence-electron chi connectivity index (χ0n) is 14.7. The standard InChI is InChI=1S/C17H17FN2O7S/c1-16(11-12-21,13-7-9-14(10-8-13)19(22)23)17(18,20(24)25)28(26,27)15-5-3-2-4-6-15/h2-10,21H,11-12H2,1H3/t16-,17?/m0/s1. The van der Waals surface area contributed by atoms with Gasteiger partial charge in [0.15, 0.2) is 0 Å². The van der Waals surface area contributed by atoms with Crippen LogP contribution in [0.2, 0.25) is 0 Å². The minimum atomic E-state index is -5.17. The monoisotopic (exact) mass is 412 g/mol. The number of nitrogens with zero attached hydrogens (tertiary/aromatic N) is 2. The molecule has 0 radical (unpaired) electrons. The van der Waals surface area contributed by atoms with E-state index in [1.165, 1.54) is 18.2 Å². The lowest BCUT2D eigenvalue weighted by molar-refractivity contribution is -0.587. The van der Waals surface area contributed by atoms with Crippen LogP contribution in [0.25, 0.3) is 0 Å². The largest absolute Gasteiger partial charge is 0.471 e. The molecule has 2 atom stereocenters. The molecule has 11 heteroatoms. The van der Waals surface area contributed by atoms with Crippen LogP contribution in [-0.2, 0) is 15.3 Å². The molecule has 0 aliphatic heterocycles. The fourth-order valence-electron chi connectivity index (χ4n) is 3.00. The molecule has 28 heavy (non-hydrogen) atoms. The maximum Gasteiger partial charge on any atom is 0.471 e. The van der Waals surface area contributed by atoms with Gasteiger partial charge in [-0.2, -0.15) is 0 Å². The van der Waals surface area contributed by atoms with Gasteiger partial charge in [0.25, 0.3) is 15.5 Å². The number of sulfone groups is 1. The van der Waals surface area contributed by atoms with Gasteiger partial charge in [0.05, 0.1) is 14.7 Å². The van der Waals surface area contributed by atoms with Crippen LogP contribution in [0.15, 0.2) is 59.5 Å². The molecule has 0 saturated heterocycles. The summed E-state index contributed by atoms with van der Waals surface area (Å²) < 4.78 is 41.9. The SMILES string of the molecule is C[C@](CCO)(c1ccc([N+](=O)[O-])cc1)C(F)([N+](=O)[O-])S(=O)(=O)c1ccccc1. The lowest BCUT2D eigenvalue weighted by Crippen LogP contribution is -2.57. The highest BCUT2D eigenvalue weighted by molar-refractivity contribution is 7.92. The van der Waals surface area contributed by atoms with Crippen molar-refractivity contribution < 1.29 is 27.8 Å². The minimum absolute atomic E-state index is 0.175. The molecular weight excluding hydrogens is 395 g/mol. The lowest BCUT2D eigenvalue weighted by atomic mass is 9.78. The fraction of sp³-hybridized carbons (Fsp3) is 0.294. The van der Waals surface area contributed by atoms with Gasteiger partial charge >= 0.3 is 5.12 Å². The Morgan fingerprint density at radius 2 is 1.57 bits per heavy atom. The minimum Gasteiger partial charge on any atom is -0.396 e. The van der Waals surface area contributed by atoms with Gasteiger partial charge < -0.3 is 5.11 Å². The van der Waals surface area contributed by atoms with E-state index >= 15 is 4.39 Å². The van der Waals surface area contributed by atoms with E-state index < -0.39 is 48.1 Å². The molecule has 0 aromatic heterocycles. The van der Waals surface area contributed by atoms with Crippen molar-refractivity contribution in [2.75, 3.05) is 6.61 Å². The molecule has 2 aromatic carbocycles. The number of halogens is 1. The predicted molar refractivity (Wildman–Crippen MR) is 96.6 cm³/mol. The molecule has 0 aliphatic rings. The first-order valence-electron chi connectivity index (χ1n) is 8.01. The Morgan fingerprint density at radius 3 is 2.00 bits per heavy atom. The number of nitro groups is 2. The van der Waals surface area contributed by atoms with E-state index in [1.807, 2.05) is 0 Å². The molecule has 1 unspecified atom stereocenters. The topological polar surface area (TPSA) is 141 Å². The molecule has 0 bridgehead atoms. The zero-order valence-corrected chi connectivity index (χ0v) is 15.5. The highest BCUT2D eigenvalue weighted by Crippen LogP contribution is 2.47. The Bertz CT molecular complexity index is 982. The smallest absolute Gasteiger partial charge is 0.396 e. The molecule has 0 heterocycles. The third kappa shape index (κ3) is 3.22. The van der Waals surface area contributed by atoms with E-state index in [4.69, 9.17) is 0 Å². The van der Waals surface area contributed by atoms with Crippen LogP contribution in [-0.4, -0.2) is 35.1 Å². The van der Waals surface area contributed by atoms with Gasteiger partial charge in [0.1, 0.15) is 5.41 Å². The van der Waals surface area contributed by atoms with Crippen LogP contribution >= 0.6 is 0 Å². The van der Waals surface area contributed by atoms with Gasteiger partial charge in [-0.25, -0.2) is 8.42 Å². The molecule has 2 aromatic rings. The van der Waals surface area contributed by atoms with Gasteiger partial charge in [-0.05, 0) is 31.0 Å². The third-order valence-corrected chi connectivity index (χ3v) is 6.86. The second kappa shape index (κ2) is 7.60. The van der Waals surface area contributed by atoms with Gasteiger partial charge in [-0.3, -0.25) is 20.2 Å². The fourth-order valence-corrected chi connectivity index (χ4v) is 4.84. The number of rotatable bonds is 8. The van der Waals surface area contributed by atoms with Crippen molar-refractivity contribution in [3.05, 3.63) is 80.4 Å². The normalized spacial score (nSPS) is 16.0. The number of hydrogen-bond donors (Lipinski definition) is 1. The molecule has 0 amide bonds. The Labute approximate surface area is 159 Å². The highest BCUT2D eigenvalue weighted by atomic mass is 32.2. The first kappa shape index (κ1) is 21.4. The van der Waals surface area contributed by atoms with Crippen LogP contribution in [0, 0.1) is 20.2 Å². The number of aliphatic hydroxyl groups excluding tert-OH is 1. The number of benzene rings is 2. The number of nitro benzene ring substituents is 1. The van der Waals surface area contributed by atoms with E-state index in [2.05, 4.69) is 0 Å². The van der Waals surface area contributed by atoms with Gasteiger partial charge in [0, 0.05) is 18.7 Å². The quantitative estimate of drug-likeness (QED) is 0.399. The van der Waals surface area contributed by atoms with E-state index in [0.717, 1.165) is 43.3 Å². The second-order valence-corrected chi connectivity index (χ2v) is 8.26. The van der Waals surface area contributed by atoms with Crippen molar-refractivity contribution in [1.29, 1.82) is 0 Å². The summed E-state index contributed by atoms with van der Waals surface area (Å²) in [5.74, 6) is 0. The number of non-ortho nitro benzene ring substituents is 1. The van der Waals surface area contributed by atoms with Crippen molar-refractivity contribution in [2.45, 2.75) is 28.8 Å². The summed E-state index contributed by atoms with van der Waals surface area (Å²) in [5, 5.41) is 28.0. The van der Waals surface area contributed by atoms with Crippen LogP contribution in [0.4, 0.5) is 10.1 Å². The summed E-state index contributed by atoms with van der Waals surface area (Å²) in [6.07, 6.45) is -0.617. The molecule has 150 valence electrons. The van der Waals surface area contributed by atoms with Crippen molar-refractivity contribution in [3.63, 3.8) is 0 Å². The average Bonchev–Trinajstić information content (AvgIpc) is 2.67. The van der Waals surface area contributed by atoms with Crippen molar-refractivity contribution >= 4 is 15.5 Å². The summed E-state index contributed by atoms with van der Waals surface area (Å²) in [7, 11) is -5.17. The number of alkyl halides is 1. The predicted octanol–water partition coefficient (Wildman–Crippen LogP) is 2.61. The Balaban J connectivity index is 2.77. The maximum absolute atomic E-state index is 16.0. The molecule has 0 saturated carbocycles. The summed E-state index contributed by atoms with van der Waals surface area (Å²) in [4.78, 5) is 19.7. The van der Waals surface area contributed by atoms with Crippen molar-refractivity contribution in [2.24, 2.45) is 0 Å². The summed E-state index contributed by atoms with van der Waals surface area (Å²) in [5.41, 5.74) is -2.87. The number of aliphatic hydroxyl groups is 1. The van der Waals surface area contributed by atoms with Gasteiger partial charge in [-0.15, -0.1) is 4.39 Å². The Kier molecular flexibility index (Phi) is 5.80. The summed E-state index contributed by atoms with van der Waals surface area (Å²) in [6.45, 7) is 0.241. The van der Waals surface area contributed by atoms with Crippen LogP contribution in [0.1, 0.15) is 18.9 Å². The molecule has 0 fully saturated rings. The molecule has 9 nitrogen and oxygen atoms in total. The lowest BCUT2D eigenvalue weighted by Gasteiger charge is -2.35. The highest BCUT2D eigenvalue weighted by Gasteiger charge is 2.70. The molecule has 2 rings (SSSR count). The molecule has 1 N–H and O–H groups in total. The van der Waals surface area contributed by atoms with Crippen LogP contribution in [0.5, 0.6) is 0 Å². The molecule has 0 spiro atoms. The van der Waals surface area contributed by atoms with Crippen molar-refractivity contribution in [1.82, 2.24) is 0 Å². The first-order valence-corrected chi connectivity index (χ1v) is 9.49. The Hall–Kier alpha value is -2.92. The Morgan fingerprint density at radius 1 is 1.04 bits per heavy atom. The van der Waals surface area contributed by atoms with Gasteiger partial charge in [-0.1, -0.05) is 30.3 Å². The third-order valence-electron chi connectivity index (χ3n) is 4.65. The first-order chi connectivity index (χ1) is 13.0. The van der Waals surface area contributed by atoms with E-state index in [9.17, 15) is 33.8 Å². The van der Waals surface area contributed by atoms with Crippen LogP contribution in [0.3, 0.4) is 0 Å². The van der Waals surface area contributed by atoms with Crippen molar-refractivity contribution in [3.8, 4) is 0 Å². The average molecular weight is 412 g/mol. The maximum atomic E-state index is 16.0. The summed E-state index contributed by atoms with van der Waals surface area (Å²) in [6, 6.07) is 10.2. The molecular formula is C17H17FN2O7S. The van der Waals surface area contributed by atoms with E-state index in [0.29, 0.717) is 0 Å². The second-order valence-electron chi connectivity index (χ2n) is 6.24. The van der Waals surface area contributed by atoms with E-state index in [-0.39, 0.29) is 11.3 Å². The van der Waals surface area contributed by atoms with Crippen LogP contribution < -0.4 is 0 Å². The zero-order chi connectivity index (χ0) is 21.2. The number of hydrogen-bond acceptors (Lipinski definition) is 7.